The van der Waals surface area contributed by atoms with E-state index in [1.165, 1.54) is 12.1 Å². The molecule has 1 heterocycles. The Morgan fingerprint density at radius 2 is 1.68 bits per heavy atom. The Bertz CT molecular complexity index is 1350. The third-order valence-corrected chi connectivity index (χ3v) is 9.62. The molecule has 2 N–H and O–H groups in total. The topological polar surface area (TPSA) is 122 Å². The molecule has 0 aliphatic carbocycles. The standard InChI is InChI=1S/C24H30FN3O6S3/c1-4-34-24(29)26-23(35)28-13-11-18(12-14-28)27-37(32,33)22-15-20(9-10-21(22)16(2)3)36(30,31)19-7-5-17(25)6-8-19/h5-10,15-16,18,27H,4,11-14H2,1-3H3,(H,26,29,35). The van der Waals surface area contributed by atoms with Crippen LogP contribution in [0.1, 0.15) is 45.1 Å². The maximum atomic E-state index is 13.5. The van der Waals surface area contributed by atoms with Gasteiger partial charge in [-0.15, -0.1) is 0 Å². The Hall–Kier alpha value is -2.61. The highest BCUT2D eigenvalue weighted by Crippen LogP contribution is 2.30. The number of thiocarbonyl (C=S) groups is 1. The molecule has 37 heavy (non-hydrogen) atoms. The zero-order valence-electron chi connectivity index (χ0n) is 20.7. The van der Waals surface area contributed by atoms with Crippen molar-refractivity contribution in [3.05, 3.63) is 53.8 Å². The van der Waals surface area contributed by atoms with E-state index in [0.717, 1.165) is 30.3 Å². The normalized spacial score (nSPS) is 15.0. The van der Waals surface area contributed by atoms with Gasteiger partial charge in [0.25, 0.3) is 0 Å². The molecule has 0 spiro atoms. The average Bonchev–Trinajstić information content (AvgIpc) is 2.84. The third kappa shape index (κ3) is 7.03. The van der Waals surface area contributed by atoms with Crippen LogP contribution in [-0.4, -0.2) is 58.7 Å². The van der Waals surface area contributed by atoms with Gasteiger partial charge in [0, 0.05) is 19.1 Å². The lowest BCUT2D eigenvalue weighted by Gasteiger charge is -2.33. The molecule has 9 nitrogen and oxygen atoms in total. The summed E-state index contributed by atoms with van der Waals surface area (Å²) in [6.07, 6.45) is 0.204. The second-order valence-corrected chi connectivity index (χ2v) is 12.9. The number of carbonyl (C=O) groups is 1. The number of alkyl carbamates (subject to hydrolysis) is 1. The fourth-order valence-electron chi connectivity index (χ4n) is 3.96. The average molecular weight is 572 g/mol. The van der Waals surface area contributed by atoms with Gasteiger partial charge in [-0.05, 0) is 79.9 Å². The minimum Gasteiger partial charge on any atom is -0.450 e. The number of halogens is 1. The lowest BCUT2D eigenvalue weighted by Crippen LogP contribution is -2.50. The van der Waals surface area contributed by atoms with Crippen molar-refractivity contribution in [3.63, 3.8) is 0 Å². The first-order valence-electron chi connectivity index (χ1n) is 11.7. The fourth-order valence-corrected chi connectivity index (χ4v) is 7.28. The van der Waals surface area contributed by atoms with Crippen LogP contribution in [0.4, 0.5) is 9.18 Å². The van der Waals surface area contributed by atoms with E-state index in [9.17, 15) is 26.0 Å². The van der Waals surface area contributed by atoms with Gasteiger partial charge in [0.1, 0.15) is 5.82 Å². The van der Waals surface area contributed by atoms with Crippen molar-refractivity contribution in [1.82, 2.24) is 14.9 Å². The maximum Gasteiger partial charge on any atom is 0.413 e. The van der Waals surface area contributed by atoms with Gasteiger partial charge in [-0.1, -0.05) is 19.9 Å². The van der Waals surface area contributed by atoms with Crippen LogP contribution in [0.25, 0.3) is 0 Å². The summed E-state index contributed by atoms with van der Waals surface area (Å²) in [5, 5.41) is 2.69. The van der Waals surface area contributed by atoms with Crippen LogP contribution >= 0.6 is 12.2 Å². The summed E-state index contributed by atoms with van der Waals surface area (Å²) in [5.74, 6) is -0.771. The number of hydrogen-bond acceptors (Lipinski definition) is 7. The van der Waals surface area contributed by atoms with Crippen molar-refractivity contribution in [3.8, 4) is 0 Å². The maximum absolute atomic E-state index is 13.5. The molecule has 1 fully saturated rings. The Balaban J connectivity index is 1.80. The number of sulfone groups is 1. The lowest BCUT2D eigenvalue weighted by atomic mass is 10.0. The molecule has 2 aromatic carbocycles. The molecule has 0 bridgehead atoms. The van der Waals surface area contributed by atoms with Crippen LogP contribution in [0, 0.1) is 5.82 Å². The predicted octanol–water partition coefficient (Wildman–Crippen LogP) is 3.56. The molecule has 1 saturated heterocycles. The number of sulfonamides is 1. The van der Waals surface area contributed by atoms with Crippen molar-refractivity contribution in [1.29, 1.82) is 0 Å². The van der Waals surface area contributed by atoms with Gasteiger partial charge in [0.05, 0.1) is 21.3 Å². The summed E-state index contributed by atoms with van der Waals surface area (Å²) >= 11 is 5.23. The first kappa shape index (κ1) is 29.0. The molecule has 0 atom stereocenters. The SMILES string of the molecule is CCOC(=O)NC(=S)N1CCC(NS(=O)(=O)c2cc(S(=O)(=O)c3ccc(F)cc3)ccc2C(C)C)CC1. The van der Waals surface area contributed by atoms with Gasteiger partial charge < -0.3 is 9.64 Å². The number of ether oxygens (including phenoxy) is 1. The Kier molecular flexibility index (Phi) is 9.27. The van der Waals surface area contributed by atoms with E-state index in [1.807, 2.05) is 13.8 Å². The summed E-state index contributed by atoms with van der Waals surface area (Å²) in [6, 6.07) is 7.96. The van der Waals surface area contributed by atoms with Crippen LogP contribution in [0.3, 0.4) is 0 Å². The zero-order valence-corrected chi connectivity index (χ0v) is 23.2. The highest BCUT2D eigenvalue weighted by molar-refractivity contribution is 7.91. The van der Waals surface area contributed by atoms with Gasteiger partial charge in [-0.3, -0.25) is 5.32 Å². The highest BCUT2D eigenvalue weighted by atomic mass is 32.2. The summed E-state index contributed by atoms with van der Waals surface area (Å²) < 4.78 is 74.0. The molecule has 1 aliphatic heterocycles. The first-order valence-corrected chi connectivity index (χ1v) is 15.1. The number of benzene rings is 2. The van der Waals surface area contributed by atoms with Crippen LogP contribution < -0.4 is 10.0 Å². The zero-order chi connectivity index (χ0) is 27.4. The van der Waals surface area contributed by atoms with Crippen LogP contribution in [0.5, 0.6) is 0 Å². The van der Waals surface area contributed by atoms with Crippen molar-refractivity contribution in [2.24, 2.45) is 0 Å². The van der Waals surface area contributed by atoms with Gasteiger partial charge in [-0.25, -0.2) is 30.7 Å². The highest BCUT2D eigenvalue weighted by Gasteiger charge is 2.30. The van der Waals surface area contributed by atoms with Crippen molar-refractivity contribution in [2.45, 2.75) is 60.3 Å². The van der Waals surface area contributed by atoms with E-state index in [2.05, 4.69) is 10.0 Å². The van der Waals surface area contributed by atoms with Gasteiger partial charge in [-0.2, -0.15) is 0 Å². The van der Waals surface area contributed by atoms with E-state index in [0.29, 0.717) is 31.5 Å². The number of hydrogen-bond donors (Lipinski definition) is 2. The molecule has 202 valence electrons. The molecule has 1 aliphatic rings. The Morgan fingerprint density at radius 1 is 1.08 bits per heavy atom. The fraction of sp³-hybridized carbons (Fsp3) is 0.417. The molecular weight excluding hydrogens is 541 g/mol. The van der Waals surface area contributed by atoms with Gasteiger partial charge in [0.2, 0.25) is 19.9 Å². The molecule has 3 rings (SSSR count). The number of carbonyl (C=O) groups excluding carboxylic acids is 1. The smallest absolute Gasteiger partial charge is 0.413 e. The largest absolute Gasteiger partial charge is 0.450 e. The van der Waals surface area contributed by atoms with Crippen molar-refractivity contribution in [2.75, 3.05) is 19.7 Å². The monoisotopic (exact) mass is 571 g/mol. The number of nitrogens with one attached hydrogen (secondary N) is 2. The molecule has 0 aromatic heterocycles. The van der Waals surface area contributed by atoms with Crippen molar-refractivity contribution >= 4 is 43.3 Å². The molecule has 13 heteroatoms. The number of rotatable bonds is 7. The summed E-state index contributed by atoms with van der Waals surface area (Å²) in [5.41, 5.74) is 0.475. The van der Waals surface area contributed by atoms with Crippen LogP contribution in [0.2, 0.25) is 0 Å². The molecule has 0 unspecified atom stereocenters. The Labute approximate surface area is 222 Å². The quantitative estimate of drug-likeness (QED) is 0.382. The number of likely N-dealkylation sites (tertiary alicyclic amines) is 1. The predicted molar refractivity (Wildman–Crippen MR) is 140 cm³/mol. The van der Waals surface area contributed by atoms with Crippen LogP contribution in [0.15, 0.2) is 57.2 Å². The Morgan fingerprint density at radius 3 is 2.24 bits per heavy atom. The lowest BCUT2D eigenvalue weighted by molar-refractivity contribution is 0.156. The van der Waals surface area contributed by atoms with E-state index in [-0.39, 0.29) is 32.3 Å². The van der Waals surface area contributed by atoms with Gasteiger partial charge >= 0.3 is 6.09 Å². The molecule has 0 radical (unpaired) electrons. The van der Waals surface area contributed by atoms with E-state index < -0.39 is 37.8 Å². The first-order chi connectivity index (χ1) is 17.3. The summed E-state index contributed by atoms with van der Waals surface area (Å²) in [4.78, 5) is 12.9. The number of nitrogens with zero attached hydrogens (tertiary/aromatic N) is 1. The van der Waals surface area contributed by atoms with E-state index >= 15 is 0 Å². The van der Waals surface area contributed by atoms with Gasteiger partial charge in [0.15, 0.2) is 5.11 Å². The van der Waals surface area contributed by atoms with Crippen molar-refractivity contribution < 1.29 is 30.8 Å². The molecule has 0 saturated carbocycles. The molecule has 2 aromatic rings. The van der Waals surface area contributed by atoms with Crippen LogP contribution in [-0.2, 0) is 24.6 Å². The summed E-state index contributed by atoms with van der Waals surface area (Å²) in [6.45, 7) is 6.35. The third-order valence-electron chi connectivity index (χ3n) is 5.92. The minimum atomic E-state index is -4.09. The van der Waals surface area contributed by atoms with E-state index in [4.69, 9.17) is 17.0 Å². The summed E-state index contributed by atoms with van der Waals surface area (Å²) in [7, 11) is -8.16. The second-order valence-electron chi connectivity index (χ2n) is 8.84. The number of amides is 1. The molecular formula is C24H30FN3O6S3. The number of piperidine rings is 1. The van der Waals surface area contributed by atoms with E-state index in [1.54, 1.807) is 11.8 Å². The second kappa shape index (κ2) is 11.8. The minimum absolute atomic E-state index is 0.118. The molecule has 1 amide bonds.